The average molecular weight is 472 g/mol. The minimum absolute atomic E-state index is 0. The van der Waals surface area contributed by atoms with Gasteiger partial charge in [0.25, 0.3) is 0 Å². The number of guanidine groups is 1. The fraction of sp³-hybridized carbons (Fsp3) is 0.500. The van der Waals surface area contributed by atoms with Crippen molar-refractivity contribution in [2.45, 2.75) is 32.9 Å². The Morgan fingerprint density at radius 3 is 2.62 bits per heavy atom. The first-order chi connectivity index (χ1) is 12.1. The first-order valence-electron chi connectivity index (χ1n) is 8.55. The molecule has 1 atom stereocenters. The molecule has 1 unspecified atom stereocenters. The van der Waals surface area contributed by atoms with Crippen LogP contribution >= 0.6 is 24.0 Å². The Labute approximate surface area is 172 Å². The molecule has 1 aromatic carbocycles. The van der Waals surface area contributed by atoms with Crippen LogP contribution < -0.4 is 10.6 Å². The lowest BCUT2D eigenvalue weighted by atomic mass is 10.1. The van der Waals surface area contributed by atoms with Crippen LogP contribution in [0.1, 0.15) is 36.6 Å². The molecule has 1 heterocycles. The van der Waals surface area contributed by atoms with Crippen LogP contribution in [0.4, 0.5) is 0 Å². The van der Waals surface area contributed by atoms with Crippen molar-refractivity contribution in [3.8, 4) is 0 Å². The van der Waals surface area contributed by atoms with Gasteiger partial charge in [0.05, 0.1) is 6.04 Å². The third-order valence-corrected chi connectivity index (χ3v) is 4.03. The molecule has 0 aliphatic carbocycles. The highest BCUT2D eigenvalue weighted by Gasteiger charge is 2.09. The van der Waals surface area contributed by atoms with Crippen molar-refractivity contribution < 1.29 is 4.74 Å². The zero-order chi connectivity index (χ0) is 18.1. The maximum Gasteiger partial charge on any atom is 0.192 e. The van der Waals surface area contributed by atoms with E-state index in [9.17, 15) is 0 Å². The molecule has 1 aromatic heterocycles. The lowest BCUT2D eigenvalue weighted by Gasteiger charge is -2.18. The fourth-order valence-corrected chi connectivity index (χ4v) is 2.34. The van der Waals surface area contributed by atoms with Crippen molar-refractivity contribution in [2.24, 2.45) is 12.0 Å². The SMILES string of the molecule is COCCCNC(=NCc1nnc(C)n1C)NC(C)c1ccccc1.I. The van der Waals surface area contributed by atoms with Gasteiger partial charge in [0, 0.05) is 27.3 Å². The first-order valence-corrected chi connectivity index (χ1v) is 8.55. The second-order valence-corrected chi connectivity index (χ2v) is 5.94. The number of aromatic nitrogens is 3. The van der Waals surface area contributed by atoms with E-state index in [-0.39, 0.29) is 30.0 Å². The fourth-order valence-electron chi connectivity index (χ4n) is 2.34. The molecule has 7 nitrogen and oxygen atoms in total. The van der Waals surface area contributed by atoms with Gasteiger partial charge in [-0.25, -0.2) is 4.99 Å². The second-order valence-electron chi connectivity index (χ2n) is 5.94. The Morgan fingerprint density at radius 2 is 2.00 bits per heavy atom. The highest BCUT2D eigenvalue weighted by molar-refractivity contribution is 14.0. The van der Waals surface area contributed by atoms with E-state index in [1.165, 1.54) is 5.56 Å². The molecule has 144 valence electrons. The molecule has 2 rings (SSSR count). The molecule has 8 heteroatoms. The molecule has 0 saturated heterocycles. The Morgan fingerprint density at radius 1 is 1.27 bits per heavy atom. The van der Waals surface area contributed by atoms with Crippen molar-refractivity contribution in [2.75, 3.05) is 20.3 Å². The predicted molar refractivity (Wildman–Crippen MR) is 115 cm³/mol. The van der Waals surface area contributed by atoms with Crippen LogP contribution in [-0.4, -0.2) is 41.0 Å². The normalized spacial score (nSPS) is 12.4. The predicted octanol–water partition coefficient (Wildman–Crippen LogP) is 2.57. The summed E-state index contributed by atoms with van der Waals surface area (Å²) in [6, 6.07) is 10.5. The molecule has 2 N–H and O–H groups in total. The Balaban J connectivity index is 0.00000338. The molecular formula is C18H29IN6O. The van der Waals surface area contributed by atoms with Crippen LogP contribution in [0.25, 0.3) is 0 Å². The van der Waals surface area contributed by atoms with Gasteiger partial charge in [-0.1, -0.05) is 30.3 Å². The smallest absolute Gasteiger partial charge is 0.192 e. The van der Waals surface area contributed by atoms with Crippen LogP contribution in [0.2, 0.25) is 0 Å². The van der Waals surface area contributed by atoms with Gasteiger partial charge in [0.15, 0.2) is 11.8 Å². The summed E-state index contributed by atoms with van der Waals surface area (Å²) in [6.07, 6.45) is 0.917. The van der Waals surface area contributed by atoms with Crippen LogP contribution in [0.5, 0.6) is 0 Å². The first kappa shape index (κ1) is 22.4. The number of hydrogen-bond donors (Lipinski definition) is 2. The highest BCUT2D eigenvalue weighted by atomic mass is 127. The van der Waals surface area contributed by atoms with Crippen molar-refractivity contribution in [1.82, 2.24) is 25.4 Å². The number of aryl methyl sites for hydroxylation is 1. The summed E-state index contributed by atoms with van der Waals surface area (Å²) in [6.45, 7) is 6.03. The minimum atomic E-state index is 0. The van der Waals surface area contributed by atoms with Crippen molar-refractivity contribution in [3.05, 3.63) is 47.5 Å². The van der Waals surface area contributed by atoms with E-state index in [1.807, 2.05) is 36.7 Å². The number of nitrogens with one attached hydrogen (secondary N) is 2. The molecule has 0 amide bonds. The summed E-state index contributed by atoms with van der Waals surface area (Å²) in [5, 5.41) is 15.0. The van der Waals surface area contributed by atoms with Crippen molar-refractivity contribution in [3.63, 3.8) is 0 Å². The number of aliphatic imine (C=N–C) groups is 1. The molecule has 0 fully saturated rings. The molecule has 0 aliphatic heterocycles. The maximum absolute atomic E-state index is 5.10. The van der Waals surface area contributed by atoms with Gasteiger partial charge < -0.3 is 19.9 Å². The Kier molecular flexibility index (Phi) is 10.2. The van der Waals surface area contributed by atoms with E-state index in [1.54, 1.807) is 7.11 Å². The molecule has 0 radical (unpaired) electrons. The Bertz CT molecular complexity index is 674. The van der Waals surface area contributed by atoms with Gasteiger partial charge in [0.2, 0.25) is 0 Å². The van der Waals surface area contributed by atoms with Crippen LogP contribution in [0.15, 0.2) is 35.3 Å². The molecule has 2 aromatic rings. The number of nitrogens with zero attached hydrogens (tertiary/aromatic N) is 4. The van der Waals surface area contributed by atoms with Gasteiger partial charge in [-0.05, 0) is 25.8 Å². The standard InChI is InChI=1S/C18H28N6O.HI/c1-14(16-9-6-5-7-10-16)21-18(19-11-8-12-25-4)20-13-17-23-22-15(2)24(17)3;/h5-7,9-10,14H,8,11-13H2,1-4H3,(H2,19,20,21);1H. The monoisotopic (exact) mass is 472 g/mol. The van der Waals surface area contributed by atoms with Gasteiger partial charge in [0.1, 0.15) is 12.4 Å². The van der Waals surface area contributed by atoms with E-state index in [2.05, 4.69) is 44.9 Å². The maximum atomic E-state index is 5.10. The molecule has 0 saturated carbocycles. The molecule has 0 bridgehead atoms. The largest absolute Gasteiger partial charge is 0.385 e. The number of halogens is 1. The lowest BCUT2D eigenvalue weighted by Crippen LogP contribution is -2.39. The second kappa shape index (κ2) is 11.8. The summed E-state index contributed by atoms with van der Waals surface area (Å²) in [5.74, 6) is 2.47. The molecule has 26 heavy (non-hydrogen) atoms. The van der Waals surface area contributed by atoms with E-state index < -0.39 is 0 Å². The highest BCUT2D eigenvalue weighted by Crippen LogP contribution is 2.11. The number of hydrogen-bond acceptors (Lipinski definition) is 4. The number of benzene rings is 1. The third kappa shape index (κ3) is 6.91. The van der Waals surface area contributed by atoms with Crippen LogP contribution in [0, 0.1) is 6.92 Å². The van der Waals surface area contributed by atoms with Gasteiger partial charge in [-0.3, -0.25) is 0 Å². The van der Waals surface area contributed by atoms with Crippen LogP contribution in [0.3, 0.4) is 0 Å². The number of methoxy groups -OCH3 is 1. The minimum Gasteiger partial charge on any atom is -0.385 e. The van der Waals surface area contributed by atoms with Crippen LogP contribution in [-0.2, 0) is 18.3 Å². The molecule has 0 aliphatic rings. The summed E-state index contributed by atoms with van der Waals surface area (Å²) in [5.41, 5.74) is 1.21. The Hall–Kier alpha value is -1.68. The van der Waals surface area contributed by atoms with Crippen molar-refractivity contribution >= 4 is 29.9 Å². The summed E-state index contributed by atoms with van der Waals surface area (Å²) < 4.78 is 7.05. The zero-order valence-electron chi connectivity index (χ0n) is 15.9. The third-order valence-electron chi connectivity index (χ3n) is 4.03. The summed E-state index contributed by atoms with van der Waals surface area (Å²) in [4.78, 5) is 4.66. The quantitative estimate of drug-likeness (QED) is 0.267. The summed E-state index contributed by atoms with van der Waals surface area (Å²) in [7, 11) is 3.66. The van der Waals surface area contributed by atoms with E-state index in [0.717, 1.165) is 37.2 Å². The zero-order valence-corrected chi connectivity index (χ0v) is 18.2. The van der Waals surface area contributed by atoms with Gasteiger partial charge >= 0.3 is 0 Å². The van der Waals surface area contributed by atoms with Gasteiger partial charge in [-0.2, -0.15) is 0 Å². The number of ether oxygens (including phenoxy) is 1. The lowest BCUT2D eigenvalue weighted by molar-refractivity contribution is 0.195. The van der Waals surface area contributed by atoms with Gasteiger partial charge in [-0.15, -0.1) is 34.2 Å². The van der Waals surface area contributed by atoms with Crippen molar-refractivity contribution in [1.29, 1.82) is 0 Å². The molecular weight excluding hydrogens is 443 g/mol. The number of rotatable bonds is 8. The average Bonchev–Trinajstić information content (AvgIpc) is 2.95. The van der Waals surface area contributed by atoms with E-state index in [4.69, 9.17) is 4.74 Å². The van der Waals surface area contributed by atoms with E-state index >= 15 is 0 Å². The van der Waals surface area contributed by atoms with E-state index in [0.29, 0.717) is 6.54 Å². The summed E-state index contributed by atoms with van der Waals surface area (Å²) >= 11 is 0. The topological polar surface area (TPSA) is 76.4 Å². The molecule has 0 spiro atoms.